The number of anilines is 1. The summed E-state index contributed by atoms with van der Waals surface area (Å²) in [4.78, 5) is 80.9. The molecular formula is C67H81Cl2N13O12. The number of aromatic amines is 4. The molecule has 0 aliphatic rings. The van der Waals surface area contributed by atoms with Gasteiger partial charge in [-0.1, -0.05) is 140 Å². The quantitative estimate of drug-likeness (QED) is 0.00798. The minimum Gasteiger partial charge on any atom is -0.463 e. The SMILES string of the molecule is COC(OC)C(C)Cl.COC(OC)C(C)c1c(N)nc(-c2ccccc2)[nH]c1=O.Cc1c[nH]c2nc(-c3ccccc3)[nH]c(=O)c12.Cc1c[nH]c2nc(-c3ccccc3)nc(Cl)c12.N=C(N)c1ccccc1.[C-]#[N+]C(C(=O)OC)C(C)C(OC)OC.[C-]#[N+]CC(=O)OCC. The average Bonchev–Trinajstić information content (AvgIpc) is 1.56. The molecule has 25 nitrogen and oxygen atoms in total. The molecule has 9 rings (SSSR count). The summed E-state index contributed by atoms with van der Waals surface area (Å²) in [7, 11) is 10.3. The van der Waals surface area contributed by atoms with Gasteiger partial charge in [0.1, 0.15) is 39.7 Å². The van der Waals surface area contributed by atoms with Crippen LogP contribution >= 0.6 is 23.2 Å². The molecule has 0 bridgehead atoms. The molecule has 0 amide bonds. The summed E-state index contributed by atoms with van der Waals surface area (Å²) in [5.74, 6) is 0.278. The smallest absolute Gasteiger partial charge is 0.390 e. The van der Waals surface area contributed by atoms with Gasteiger partial charge in [0.15, 0.2) is 24.7 Å². The van der Waals surface area contributed by atoms with E-state index in [2.05, 4.69) is 59.0 Å². The van der Waals surface area contributed by atoms with Crippen molar-refractivity contribution >= 4 is 68.9 Å². The molecule has 4 unspecified atom stereocenters. The zero-order valence-corrected chi connectivity index (χ0v) is 56.2. The lowest BCUT2D eigenvalue weighted by Crippen LogP contribution is -2.36. The maximum absolute atomic E-state index is 12.3. The van der Waals surface area contributed by atoms with Crippen molar-refractivity contribution < 1.29 is 47.5 Å². The van der Waals surface area contributed by atoms with Crippen LogP contribution in [-0.2, 0) is 47.5 Å². The first kappa shape index (κ1) is 78.6. The van der Waals surface area contributed by atoms with Crippen molar-refractivity contribution in [2.24, 2.45) is 11.7 Å². The summed E-state index contributed by atoms with van der Waals surface area (Å²) in [5.41, 5.74) is 18.0. The number of rotatable bonds is 18. The number of carbonyl (C=O) groups excluding carboxylic acids is 2. The standard InChI is InChI=1S/C15H19N3O3.C13H10ClN3.C13H11N3O.C9H15NO4.C7H8N2.C5H11ClO2.C5H7NO2/c1-9(15(20-2)21-3)11-12(16)17-13(18-14(11)19)10-7-5-4-6-8-10;1-8-7-15-13-10(8)11(14)16-12(17-13)9-5-3-2-4-6-9;1-8-7-14-12-10(8)13(17)16-11(15-12)9-5-3-2-4-6-9;1-6(9(13-4)14-5)7(10-2)8(11)12-3;8-7(9)6-4-2-1-3-5-6;1-4(6)5(7-2)8-3;1-3-8-5(7)4-6-2/h4-9,15H,1-3H3,(H3,16,17,18,19);2-7H,1H3,(H,15,16,17);2-7H,1H3,(H2,14,15,16,17);6-7,9H,1,3-5H3;1-5H,(H3,8,9);4-5H,1-3H3;3-4H2,1H3. The van der Waals surface area contributed by atoms with Crippen LogP contribution in [0.15, 0.2) is 143 Å². The fraction of sp³-hybridized carbons (Fsp3) is 0.328. The molecule has 27 heteroatoms. The summed E-state index contributed by atoms with van der Waals surface area (Å²) in [6.45, 7) is 24.2. The molecular weight excluding hydrogens is 1250 g/mol. The number of esters is 2. The molecule has 0 saturated heterocycles. The molecule has 0 radical (unpaired) electrons. The Morgan fingerprint density at radius 3 is 1.48 bits per heavy atom. The number of nitrogens with one attached hydrogen (secondary N) is 5. The molecule has 94 heavy (non-hydrogen) atoms. The fourth-order valence-corrected chi connectivity index (χ4v) is 9.16. The van der Waals surface area contributed by atoms with E-state index in [0.29, 0.717) is 45.8 Å². The fourth-order valence-electron chi connectivity index (χ4n) is 8.63. The van der Waals surface area contributed by atoms with Crippen molar-refractivity contribution in [1.29, 1.82) is 5.41 Å². The number of aryl methyl sites for hydroxylation is 2. The summed E-state index contributed by atoms with van der Waals surface area (Å²) in [6.07, 6.45) is 2.27. The van der Waals surface area contributed by atoms with E-state index in [1.54, 1.807) is 34.3 Å². The van der Waals surface area contributed by atoms with Gasteiger partial charge in [0.05, 0.1) is 41.3 Å². The molecule has 5 heterocycles. The highest BCUT2D eigenvalue weighted by molar-refractivity contribution is 6.34. The number of hydrogen-bond acceptors (Lipinski definition) is 18. The van der Waals surface area contributed by atoms with Gasteiger partial charge in [-0.15, -0.1) is 11.6 Å². The third-order valence-electron chi connectivity index (χ3n) is 13.3. The van der Waals surface area contributed by atoms with Crippen molar-refractivity contribution in [3.05, 3.63) is 205 Å². The predicted molar refractivity (Wildman–Crippen MR) is 365 cm³/mol. The van der Waals surface area contributed by atoms with Crippen LogP contribution in [0.5, 0.6) is 0 Å². The Labute approximate surface area is 555 Å². The number of nitrogens with zero attached hydrogens (tertiary/aromatic N) is 6. The number of hydrogen-bond donors (Lipinski definition) is 7. The maximum Gasteiger partial charge on any atom is 0.390 e. The molecule has 0 fully saturated rings. The van der Waals surface area contributed by atoms with Crippen LogP contribution in [0, 0.1) is 38.3 Å². The van der Waals surface area contributed by atoms with Gasteiger partial charge in [0.2, 0.25) is 0 Å². The lowest BCUT2D eigenvalue weighted by molar-refractivity contribution is -0.156. The summed E-state index contributed by atoms with van der Waals surface area (Å²) in [5, 5.41) is 8.94. The molecule has 500 valence electrons. The number of aromatic nitrogens is 8. The third-order valence-corrected chi connectivity index (χ3v) is 13.8. The van der Waals surface area contributed by atoms with Gasteiger partial charge < -0.3 is 79.0 Å². The van der Waals surface area contributed by atoms with E-state index >= 15 is 0 Å². The highest BCUT2D eigenvalue weighted by Gasteiger charge is 2.37. The molecule has 0 spiro atoms. The van der Waals surface area contributed by atoms with E-state index in [1.807, 2.05) is 155 Å². The summed E-state index contributed by atoms with van der Waals surface area (Å²) in [6, 6.07) is 37.1. The molecule has 0 saturated carbocycles. The lowest BCUT2D eigenvalue weighted by atomic mass is 10.0. The normalized spacial score (nSPS) is 11.7. The van der Waals surface area contributed by atoms with E-state index in [4.69, 9.17) is 81.6 Å². The Morgan fingerprint density at radius 2 is 1.07 bits per heavy atom. The third kappa shape index (κ3) is 24.1. The first-order valence-electron chi connectivity index (χ1n) is 28.8. The van der Waals surface area contributed by atoms with Crippen LogP contribution in [0.1, 0.15) is 55.9 Å². The number of ether oxygens (including phenoxy) is 8. The maximum atomic E-state index is 12.3. The lowest BCUT2D eigenvalue weighted by Gasteiger charge is -2.21. The van der Waals surface area contributed by atoms with Gasteiger partial charge >= 0.3 is 24.5 Å². The Morgan fingerprint density at radius 1 is 0.628 bits per heavy atom. The molecule has 4 atom stereocenters. The van der Waals surface area contributed by atoms with Crippen molar-refractivity contribution in [3.8, 4) is 34.2 Å². The second-order valence-electron chi connectivity index (χ2n) is 19.8. The number of halogens is 2. The van der Waals surface area contributed by atoms with Crippen LogP contribution in [-0.4, -0.2) is 151 Å². The van der Waals surface area contributed by atoms with E-state index in [0.717, 1.165) is 44.4 Å². The Bertz CT molecular complexity index is 3940. The van der Waals surface area contributed by atoms with Gasteiger partial charge in [-0.2, -0.15) is 0 Å². The van der Waals surface area contributed by atoms with Gasteiger partial charge in [-0.05, 0) is 45.7 Å². The zero-order chi connectivity index (χ0) is 69.9. The number of nitrogens with two attached hydrogens (primary N) is 2. The monoisotopic (exact) mass is 1330 g/mol. The Hall–Kier alpha value is -9.67. The van der Waals surface area contributed by atoms with E-state index < -0.39 is 30.6 Å². The number of methoxy groups -OCH3 is 7. The van der Waals surface area contributed by atoms with Crippen molar-refractivity contribution in [3.63, 3.8) is 0 Å². The number of alkyl halides is 1. The Balaban J connectivity index is 0.000000294. The van der Waals surface area contributed by atoms with Crippen LogP contribution in [0.25, 0.3) is 65.9 Å². The molecule has 0 aliphatic carbocycles. The van der Waals surface area contributed by atoms with Crippen LogP contribution in [0.4, 0.5) is 5.82 Å². The molecule has 4 aromatic carbocycles. The molecule has 0 aliphatic heterocycles. The van der Waals surface area contributed by atoms with E-state index in [9.17, 15) is 19.2 Å². The first-order valence-corrected chi connectivity index (χ1v) is 29.6. The summed E-state index contributed by atoms with van der Waals surface area (Å²) < 4.78 is 38.8. The second kappa shape index (κ2) is 41.7. The number of H-pyrrole nitrogens is 4. The molecule has 9 N–H and O–H groups in total. The molecule has 9 aromatic rings. The number of nitrogen functional groups attached to an aromatic ring is 2. The number of fused-ring (bicyclic) bond motifs is 2. The van der Waals surface area contributed by atoms with E-state index in [-0.39, 0.29) is 52.8 Å². The minimum atomic E-state index is -0.884. The largest absolute Gasteiger partial charge is 0.463 e. The zero-order valence-electron chi connectivity index (χ0n) is 54.7. The molecule has 5 aromatic heterocycles. The van der Waals surface area contributed by atoms with Gasteiger partial charge in [-0.25, -0.2) is 42.7 Å². The predicted octanol–water partition coefficient (Wildman–Crippen LogP) is 10.9. The van der Waals surface area contributed by atoms with Crippen LogP contribution in [0.3, 0.4) is 0 Å². The second-order valence-corrected chi connectivity index (χ2v) is 20.8. The van der Waals surface area contributed by atoms with Gasteiger partial charge in [0.25, 0.3) is 11.1 Å². The Kier molecular flexibility index (Phi) is 34.9. The minimum absolute atomic E-state index is 0.0926. The van der Waals surface area contributed by atoms with E-state index in [1.165, 1.54) is 35.5 Å². The average molecular weight is 1330 g/mol. The topological polar surface area (TPSA) is 341 Å². The van der Waals surface area contributed by atoms with Crippen molar-refractivity contribution in [1.82, 2.24) is 39.9 Å². The van der Waals surface area contributed by atoms with Gasteiger partial charge in [0, 0.05) is 83.2 Å². The van der Waals surface area contributed by atoms with Crippen LogP contribution < -0.4 is 22.6 Å². The number of carbonyl (C=O) groups is 2. The number of amidine groups is 1. The first-order chi connectivity index (χ1) is 45.0. The highest BCUT2D eigenvalue weighted by atomic mass is 35.5. The summed E-state index contributed by atoms with van der Waals surface area (Å²) >= 11 is 11.8. The highest BCUT2D eigenvalue weighted by Crippen LogP contribution is 2.28. The van der Waals surface area contributed by atoms with Crippen molar-refractivity contribution in [2.75, 3.05) is 68.7 Å². The number of benzene rings is 4. The van der Waals surface area contributed by atoms with Crippen molar-refractivity contribution in [2.45, 2.75) is 77.7 Å². The van der Waals surface area contributed by atoms with Gasteiger partial charge in [-0.3, -0.25) is 15.0 Å². The van der Waals surface area contributed by atoms with Crippen LogP contribution in [0.2, 0.25) is 5.15 Å².